The predicted molar refractivity (Wildman–Crippen MR) is 70.2 cm³/mol. The van der Waals surface area contributed by atoms with E-state index in [1.807, 2.05) is 40.8 Å². The number of benzene rings is 1. The molecule has 0 bridgehead atoms. The first-order chi connectivity index (χ1) is 6.66. The Morgan fingerprint density at radius 3 is 2.64 bits per heavy atom. The Balaban J connectivity index is 2.47. The first-order valence-corrected chi connectivity index (χ1v) is 6.15. The Morgan fingerprint density at radius 1 is 1.29 bits per heavy atom. The Kier molecular flexibility index (Phi) is 3.27. The van der Waals surface area contributed by atoms with E-state index in [1.54, 1.807) is 0 Å². The van der Waals surface area contributed by atoms with Crippen LogP contribution in [-0.4, -0.2) is 10.1 Å². The fraction of sp³-hybridized carbons (Fsp3) is 0. The lowest BCUT2D eigenvalue weighted by atomic mass is 10.2. The number of nitrogens with zero attached hydrogens (tertiary/aromatic N) is 2. The molecular formula is C8H3ClI2N2O. The molecule has 0 aliphatic rings. The number of halogens is 3. The van der Waals surface area contributed by atoms with E-state index < -0.39 is 0 Å². The number of aromatic nitrogens is 2. The zero-order valence-electron chi connectivity index (χ0n) is 6.67. The zero-order valence-corrected chi connectivity index (χ0v) is 11.7. The van der Waals surface area contributed by atoms with Gasteiger partial charge in [0.2, 0.25) is 3.83 Å². The minimum Gasteiger partial charge on any atom is -0.333 e. The second-order valence-corrected chi connectivity index (χ2v) is 5.03. The Labute approximate surface area is 113 Å². The molecule has 0 unspecified atom stereocenters. The van der Waals surface area contributed by atoms with Gasteiger partial charge in [-0.15, -0.1) is 0 Å². The summed E-state index contributed by atoms with van der Waals surface area (Å²) in [4.78, 5) is 4.10. The third kappa shape index (κ3) is 2.19. The van der Waals surface area contributed by atoms with Gasteiger partial charge in [-0.25, -0.2) is 0 Å². The minimum absolute atomic E-state index is 0.493. The third-order valence-electron chi connectivity index (χ3n) is 1.57. The van der Waals surface area contributed by atoms with Gasteiger partial charge >= 0.3 is 0 Å². The fourth-order valence-electron chi connectivity index (χ4n) is 0.952. The summed E-state index contributed by atoms with van der Waals surface area (Å²) < 4.78 is 6.61. The van der Waals surface area contributed by atoms with Gasteiger partial charge in [-0.2, -0.15) is 4.98 Å². The van der Waals surface area contributed by atoms with Crippen LogP contribution in [0, 0.1) is 7.40 Å². The summed E-state index contributed by atoms with van der Waals surface area (Å²) in [7, 11) is 0. The maximum absolute atomic E-state index is 5.97. The second-order valence-electron chi connectivity index (χ2n) is 2.50. The molecule has 0 saturated heterocycles. The first kappa shape index (κ1) is 10.6. The molecule has 0 amide bonds. The van der Waals surface area contributed by atoms with Crippen LogP contribution in [0.25, 0.3) is 11.5 Å². The van der Waals surface area contributed by atoms with Crippen molar-refractivity contribution < 1.29 is 4.52 Å². The van der Waals surface area contributed by atoms with Crippen LogP contribution in [0.5, 0.6) is 0 Å². The number of hydrogen-bond donors (Lipinski definition) is 0. The Hall–Kier alpha value is 0.110. The van der Waals surface area contributed by atoms with Crippen molar-refractivity contribution in [3.8, 4) is 11.5 Å². The van der Waals surface area contributed by atoms with Crippen molar-refractivity contribution in [2.45, 2.75) is 0 Å². The van der Waals surface area contributed by atoms with Gasteiger partial charge in [0.05, 0.1) is 5.02 Å². The van der Waals surface area contributed by atoms with Crippen molar-refractivity contribution in [2.24, 2.45) is 0 Å². The van der Waals surface area contributed by atoms with E-state index in [0.29, 0.717) is 14.7 Å². The van der Waals surface area contributed by atoms with Gasteiger partial charge in [0.25, 0.3) is 5.89 Å². The summed E-state index contributed by atoms with van der Waals surface area (Å²) in [6.07, 6.45) is 0. The van der Waals surface area contributed by atoms with Gasteiger partial charge in [-0.1, -0.05) is 16.8 Å². The fourth-order valence-corrected chi connectivity index (χ4v) is 1.79. The molecular weight excluding hydrogens is 429 g/mol. The Bertz CT molecular complexity index is 472. The SMILES string of the molecule is Clc1cc(-c2nc(I)no2)ccc1I. The molecule has 2 rings (SSSR count). The van der Waals surface area contributed by atoms with Crippen LogP contribution in [0.1, 0.15) is 0 Å². The van der Waals surface area contributed by atoms with Gasteiger partial charge in [-0.3, -0.25) is 0 Å². The molecule has 0 N–H and O–H groups in total. The van der Waals surface area contributed by atoms with Crippen LogP contribution >= 0.6 is 56.8 Å². The van der Waals surface area contributed by atoms with E-state index in [-0.39, 0.29) is 0 Å². The monoisotopic (exact) mass is 432 g/mol. The van der Waals surface area contributed by atoms with E-state index in [4.69, 9.17) is 16.1 Å². The van der Waals surface area contributed by atoms with E-state index in [9.17, 15) is 0 Å². The number of hydrogen-bond acceptors (Lipinski definition) is 3. The molecule has 0 fully saturated rings. The quantitative estimate of drug-likeness (QED) is 0.647. The lowest BCUT2D eigenvalue weighted by Crippen LogP contribution is -1.80. The molecule has 14 heavy (non-hydrogen) atoms. The largest absolute Gasteiger partial charge is 0.333 e. The molecule has 0 radical (unpaired) electrons. The predicted octanol–water partition coefficient (Wildman–Crippen LogP) is 3.60. The maximum atomic E-state index is 5.97. The van der Waals surface area contributed by atoms with Crippen LogP contribution < -0.4 is 0 Å². The van der Waals surface area contributed by atoms with Crippen molar-refractivity contribution in [3.05, 3.63) is 30.6 Å². The summed E-state index contributed by atoms with van der Waals surface area (Å²) >= 11 is 10.1. The normalized spacial score (nSPS) is 10.5. The molecule has 0 atom stereocenters. The van der Waals surface area contributed by atoms with Crippen LogP contribution in [0.3, 0.4) is 0 Å². The summed E-state index contributed by atoms with van der Waals surface area (Å²) in [6, 6.07) is 5.62. The summed E-state index contributed by atoms with van der Waals surface area (Å²) in [6.45, 7) is 0. The number of rotatable bonds is 1. The second kappa shape index (κ2) is 4.31. The average molecular weight is 432 g/mol. The van der Waals surface area contributed by atoms with Crippen molar-refractivity contribution in [1.82, 2.24) is 10.1 Å². The molecule has 0 aliphatic heterocycles. The lowest BCUT2D eigenvalue weighted by molar-refractivity contribution is 0.426. The van der Waals surface area contributed by atoms with E-state index in [2.05, 4.69) is 32.7 Å². The van der Waals surface area contributed by atoms with Crippen molar-refractivity contribution in [1.29, 1.82) is 0 Å². The van der Waals surface area contributed by atoms with Gasteiger partial charge in [0.1, 0.15) is 0 Å². The smallest absolute Gasteiger partial charge is 0.258 e. The highest BCUT2D eigenvalue weighted by Crippen LogP contribution is 2.25. The van der Waals surface area contributed by atoms with E-state index in [1.165, 1.54) is 0 Å². The molecule has 1 heterocycles. The molecule has 0 saturated carbocycles. The van der Waals surface area contributed by atoms with Crippen molar-refractivity contribution in [3.63, 3.8) is 0 Å². The molecule has 72 valence electrons. The molecule has 1 aromatic carbocycles. The highest BCUT2D eigenvalue weighted by molar-refractivity contribution is 14.1. The molecule has 2 aromatic rings. The highest BCUT2D eigenvalue weighted by atomic mass is 127. The van der Waals surface area contributed by atoms with Crippen LogP contribution in [-0.2, 0) is 0 Å². The van der Waals surface area contributed by atoms with Gasteiger partial charge in [-0.05, 0) is 40.8 Å². The summed E-state index contributed by atoms with van der Waals surface area (Å²) in [5.41, 5.74) is 0.839. The minimum atomic E-state index is 0.493. The standard InChI is InChI=1S/C8H3ClI2N2O/c9-5-3-4(1-2-6(5)10)7-12-8(11)13-14-7/h1-3H. The highest BCUT2D eigenvalue weighted by Gasteiger charge is 2.08. The Morgan fingerprint density at radius 2 is 2.07 bits per heavy atom. The molecule has 0 aliphatic carbocycles. The zero-order chi connectivity index (χ0) is 10.1. The van der Waals surface area contributed by atoms with Crippen LogP contribution in [0.4, 0.5) is 0 Å². The summed E-state index contributed by atoms with van der Waals surface area (Å²) in [5.74, 6) is 0.493. The lowest BCUT2D eigenvalue weighted by Gasteiger charge is -1.97. The van der Waals surface area contributed by atoms with Gasteiger partial charge in [0, 0.05) is 31.7 Å². The van der Waals surface area contributed by atoms with E-state index >= 15 is 0 Å². The van der Waals surface area contributed by atoms with E-state index in [0.717, 1.165) is 9.13 Å². The van der Waals surface area contributed by atoms with Gasteiger partial charge in [0.15, 0.2) is 0 Å². The molecule has 6 heteroatoms. The topological polar surface area (TPSA) is 38.9 Å². The van der Waals surface area contributed by atoms with Crippen LogP contribution in [0.2, 0.25) is 5.02 Å². The van der Waals surface area contributed by atoms with Gasteiger partial charge < -0.3 is 4.52 Å². The average Bonchev–Trinajstić information content (AvgIpc) is 2.57. The molecule has 3 nitrogen and oxygen atoms in total. The van der Waals surface area contributed by atoms with Crippen molar-refractivity contribution in [2.75, 3.05) is 0 Å². The molecule has 1 aromatic heterocycles. The summed E-state index contributed by atoms with van der Waals surface area (Å²) in [5, 5.41) is 4.39. The molecule has 0 spiro atoms. The van der Waals surface area contributed by atoms with Crippen molar-refractivity contribution >= 4 is 56.8 Å². The maximum Gasteiger partial charge on any atom is 0.258 e. The third-order valence-corrected chi connectivity index (χ3v) is 3.58. The first-order valence-electron chi connectivity index (χ1n) is 3.61. The van der Waals surface area contributed by atoms with Crippen LogP contribution in [0.15, 0.2) is 22.7 Å².